The topological polar surface area (TPSA) is 64.9 Å². The minimum atomic E-state index is 0.119. The van der Waals surface area contributed by atoms with Crippen LogP contribution in [0.1, 0.15) is 9.67 Å². The van der Waals surface area contributed by atoms with Gasteiger partial charge in [0, 0.05) is 5.56 Å². The van der Waals surface area contributed by atoms with Crippen LogP contribution in [0, 0.1) is 4.84 Å². The van der Waals surface area contributed by atoms with Gasteiger partial charge in [0.25, 0.3) is 10.7 Å². The Morgan fingerprint density at radius 2 is 2.04 bits per heavy atom. The van der Waals surface area contributed by atoms with Gasteiger partial charge in [0.1, 0.15) is 5.75 Å². The standard InChI is InChI=1S/C19H20N4O3S2/c1-25-15-6-4-14(5-7-15)17-20-23(19(27)26-17)13-21-8-10-22(11-9-21)18(24)16-3-2-12-28-16/h2-7,12H,8-11,13H2,1H3/p+1. The van der Waals surface area contributed by atoms with Gasteiger partial charge in [-0.05, 0) is 47.9 Å². The Balaban J connectivity index is 1.38. The normalized spacial score (nSPS) is 15.0. The first-order valence-corrected chi connectivity index (χ1v) is 10.3. The van der Waals surface area contributed by atoms with Gasteiger partial charge >= 0.3 is 0 Å². The largest absolute Gasteiger partial charge is 0.497 e. The highest BCUT2D eigenvalue weighted by atomic mass is 32.1. The van der Waals surface area contributed by atoms with Crippen molar-refractivity contribution in [2.75, 3.05) is 33.3 Å². The van der Waals surface area contributed by atoms with Crippen LogP contribution in [0.5, 0.6) is 5.75 Å². The van der Waals surface area contributed by atoms with Gasteiger partial charge in [-0.15, -0.1) is 16.4 Å². The lowest BCUT2D eigenvalue weighted by molar-refractivity contribution is -0.927. The second kappa shape index (κ2) is 8.26. The minimum Gasteiger partial charge on any atom is -0.497 e. The molecule has 0 radical (unpaired) electrons. The molecule has 0 saturated carbocycles. The number of amides is 1. The number of ether oxygens (including phenoxy) is 1. The van der Waals surface area contributed by atoms with Crippen LogP contribution in [0.3, 0.4) is 0 Å². The Hall–Kier alpha value is -2.49. The third-order valence-electron chi connectivity index (χ3n) is 4.81. The van der Waals surface area contributed by atoms with Crippen molar-refractivity contribution >= 4 is 29.5 Å². The van der Waals surface area contributed by atoms with Crippen LogP contribution in [-0.4, -0.2) is 53.9 Å². The number of hydrogen-bond acceptors (Lipinski definition) is 6. The summed E-state index contributed by atoms with van der Waals surface area (Å²) in [7, 11) is 1.63. The van der Waals surface area contributed by atoms with Gasteiger partial charge < -0.3 is 19.0 Å². The molecular formula is C19H21N4O3S2+. The second-order valence-electron chi connectivity index (χ2n) is 6.58. The van der Waals surface area contributed by atoms with Crippen molar-refractivity contribution in [1.82, 2.24) is 14.7 Å². The number of nitrogens with one attached hydrogen (secondary N) is 1. The van der Waals surface area contributed by atoms with Crippen molar-refractivity contribution in [2.24, 2.45) is 0 Å². The second-order valence-corrected chi connectivity index (χ2v) is 7.88. The molecule has 1 N–H and O–H groups in total. The maximum atomic E-state index is 12.5. The summed E-state index contributed by atoms with van der Waals surface area (Å²) in [6, 6.07) is 11.3. The van der Waals surface area contributed by atoms with Crippen molar-refractivity contribution in [3.8, 4) is 17.2 Å². The molecule has 4 rings (SSSR count). The van der Waals surface area contributed by atoms with Gasteiger partial charge in [0.2, 0.25) is 5.89 Å². The lowest BCUT2D eigenvalue weighted by Crippen LogP contribution is -3.14. The molecule has 1 aromatic carbocycles. The predicted octanol–water partition coefficient (Wildman–Crippen LogP) is 1.94. The van der Waals surface area contributed by atoms with Gasteiger partial charge in [-0.25, -0.2) is 0 Å². The average molecular weight is 418 g/mol. The molecule has 0 bridgehead atoms. The van der Waals surface area contributed by atoms with E-state index in [0.29, 0.717) is 17.4 Å². The van der Waals surface area contributed by atoms with Gasteiger partial charge in [0.05, 0.1) is 38.2 Å². The van der Waals surface area contributed by atoms with E-state index in [4.69, 9.17) is 21.4 Å². The van der Waals surface area contributed by atoms with Crippen LogP contribution in [0.25, 0.3) is 11.5 Å². The Bertz CT molecular complexity index is 987. The molecule has 0 unspecified atom stereocenters. The molecule has 3 heterocycles. The fraction of sp³-hybridized carbons (Fsp3) is 0.316. The van der Waals surface area contributed by atoms with E-state index in [1.807, 2.05) is 46.7 Å². The zero-order chi connectivity index (χ0) is 19.5. The summed E-state index contributed by atoms with van der Waals surface area (Å²) in [5, 5.41) is 6.46. The number of carbonyl (C=O) groups excluding carboxylic acids is 1. The zero-order valence-electron chi connectivity index (χ0n) is 15.5. The van der Waals surface area contributed by atoms with Crippen molar-refractivity contribution in [3.63, 3.8) is 0 Å². The van der Waals surface area contributed by atoms with Crippen molar-refractivity contribution < 1.29 is 18.8 Å². The van der Waals surface area contributed by atoms with Crippen LogP contribution in [0.2, 0.25) is 0 Å². The van der Waals surface area contributed by atoms with E-state index in [-0.39, 0.29) is 5.91 Å². The quantitative estimate of drug-likeness (QED) is 0.643. The lowest BCUT2D eigenvalue weighted by atomic mass is 10.2. The van der Waals surface area contributed by atoms with Crippen LogP contribution in [0.15, 0.2) is 46.2 Å². The molecule has 1 aliphatic heterocycles. The van der Waals surface area contributed by atoms with E-state index in [1.165, 1.54) is 16.2 Å². The number of hydrogen-bond donors (Lipinski definition) is 1. The first-order chi connectivity index (χ1) is 13.6. The summed E-state index contributed by atoms with van der Waals surface area (Å²) in [4.78, 5) is 16.8. The first kappa shape index (κ1) is 18.9. The summed E-state index contributed by atoms with van der Waals surface area (Å²) >= 11 is 6.83. The molecule has 0 spiro atoms. The van der Waals surface area contributed by atoms with E-state index >= 15 is 0 Å². The van der Waals surface area contributed by atoms with Crippen LogP contribution < -0.4 is 9.64 Å². The summed E-state index contributed by atoms with van der Waals surface area (Å²) in [5.41, 5.74) is 0.854. The highest BCUT2D eigenvalue weighted by Crippen LogP contribution is 2.21. The molecule has 7 nitrogen and oxygen atoms in total. The smallest absolute Gasteiger partial charge is 0.292 e. The molecule has 3 aromatic rings. The number of rotatable bonds is 5. The molecule has 2 aromatic heterocycles. The minimum absolute atomic E-state index is 0.119. The van der Waals surface area contributed by atoms with Crippen LogP contribution in [0.4, 0.5) is 0 Å². The fourth-order valence-electron chi connectivity index (χ4n) is 3.21. The zero-order valence-corrected chi connectivity index (χ0v) is 17.1. The molecule has 9 heteroatoms. The van der Waals surface area contributed by atoms with Gasteiger partial charge in [-0.3, -0.25) is 4.79 Å². The van der Waals surface area contributed by atoms with Crippen LogP contribution >= 0.6 is 23.6 Å². The number of aromatic nitrogens is 2. The fourth-order valence-corrected chi connectivity index (χ4v) is 4.08. The monoisotopic (exact) mass is 417 g/mol. The number of carbonyl (C=O) groups is 1. The maximum Gasteiger partial charge on any atom is 0.292 e. The number of quaternary nitrogens is 1. The molecule has 1 saturated heterocycles. The van der Waals surface area contributed by atoms with E-state index in [2.05, 4.69) is 5.10 Å². The summed E-state index contributed by atoms with van der Waals surface area (Å²) in [6.07, 6.45) is 0. The summed E-state index contributed by atoms with van der Waals surface area (Å²) in [5.74, 6) is 1.40. The van der Waals surface area contributed by atoms with Gasteiger partial charge in [-0.2, -0.15) is 4.68 Å². The van der Waals surface area contributed by atoms with Crippen molar-refractivity contribution in [3.05, 3.63) is 51.5 Å². The molecule has 1 aliphatic rings. The Morgan fingerprint density at radius 1 is 1.29 bits per heavy atom. The number of thiophene rings is 1. The molecular weight excluding hydrogens is 396 g/mol. The van der Waals surface area contributed by atoms with Gasteiger partial charge in [-0.1, -0.05) is 6.07 Å². The van der Waals surface area contributed by atoms with Gasteiger partial charge in [0.15, 0.2) is 6.67 Å². The first-order valence-electron chi connectivity index (χ1n) is 9.03. The highest BCUT2D eigenvalue weighted by molar-refractivity contribution is 7.71. The summed E-state index contributed by atoms with van der Waals surface area (Å²) in [6.45, 7) is 3.78. The average Bonchev–Trinajstić information content (AvgIpc) is 3.39. The molecule has 146 valence electrons. The Morgan fingerprint density at radius 3 is 2.68 bits per heavy atom. The predicted molar refractivity (Wildman–Crippen MR) is 108 cm³/mol. The third-order valence-corrected chi connectivity index (χ3v) is 5.96. The molecule has 0 aliphatic carbocycles. The third kappa shape index (κ3) is 4.01. The Kier molecular flexibility index (Phi) is 5.56. The van der Waals surface area contributed by atoms with E-state index in [1.54, 1.807) is 11.8 Å². The molecule has 28 heavy (non-hydrogen) atoms. The van der Waals surface area contributed by atoms with E-state index < -0.39 is 0 Å². The van der Waals surface area contributed by atoms with E-state index in [0.717, 1.165) is 42.4 Å². The van der Waals surface area contributed by atoms with Crippen molar-refractivity contribution in [1.29, 1.82) is 0 Å². The number of nitrogens with zero attached hydrogens (tertiary/aromatic N) is 3. The number of benzene rings is 1. The SMILES string of the molecule is COc1ccc(-c2nn(C[NH+]3CCN(C(=O)c4cccs4)CC3)c(=S)o2)cc1. The lowest BCUT2D eigenvalue weighted by Gasteiger charge is -2.31. The van der Waals surface area contributed by atoms with Crippen LogP contribution in [-0.2, 0) is 6.67 Å². The number of piperazine rings is 1. The van der Waals surface area contributed by atoms with Crippen molar-refractivity contribution in [2.45, 2.75) is 6.67 Å². The Labute approximate surface area is 171 Å². The van der Waals surface area contributed by atoms with E-state index in [9.17, 15) is 4.79 Å². The molecule has 0 atom stereocenters. The maximum absolute atomic E-state index is 12.5. The number of methoxy groups -OCH3 is 1. The summed E-state index contributed by atoms with van der Waals surface area (Å²) < 4.78 is 12.6. The molecule has 1 amide bonds. The highest BCUT2D eigenvalue weighted by Gasteiger charge is 2.25. The molecule has 1 fully saturated rings.